The lowest BCUT2D eigenvalue weighted by Crippen LogP contribution is -2.41. The molecule has 7 nitrogen and oxygen atoms in total. The molecule has 1 atom stereocenters. The van der Waals surface area contributed by atoms with Crippen molar-refractivity contribution in [3.8, 4) is 0 Å². The van der Waals surface area contributed by atoms with Crippen LogP contribution in [-0.4, -0.2) is 39.4 Å². The second-order valence-corrected chi connectivity index (χ2v) is 4.10. The predicted molar refractivity (Wildman–Crippen MR) is 64.8 cm³/mol. The van der Waals surface area contributed by atoms with Gasteiger partial charge in [0.2, 0.25) is 5.91 Å². The van der Waals surface area contributed by atoms with Crippen molar-refractivity contribution in [3.05, 3.63) is 18.0 Å². The Morgan fingerprint density at radius 3 is 2.89 bits per heavy atom. The maximum absolute atomic E-state index is 11.5. The van der Waals surface area contributed by atoms with Crippen LogP contribution in [0.2, 0.25) is 0 Å². The van der Waals surface area contributed by atoms with E-state index in [-0.39, 0.29) is 18.7 Å². The molecule has 0 bridgehead atoms. The molecule has 0 aliphatic carbocycles. The SMILES string of the molecule is Cn1cc(CCNC(=O)C(N)CCC(=O)O)cn1. The minimum absolute atomic E-state index is 0.100. The monoisotopic (exact) mass is 254 g/mol. The minimum atomic E-state index is -0.950. The van der Waals surface area contributed by atoms with Crippen LogP contribution in [0, 0.1) is 0 Å². The number of hydrogen-bond donors (Lipinski definition) is 3. The Hall–Kier alpha value is -1.89. The van der Waals surface area contributed by atoms with Crippen LogP contribution in [0.3, 0.4) is 0 Å². The van der Waals surface area contributed by atoms with Crippen molar-refractivity contribution >= 4 is 11.9 Å². The molecule has 0 spiro atoms. The molecule has 1 heterocycles. The van der Waals surface area contributed by atoms with Gasteiger partial charge in [-0.1, -0.05) is 0 Å². The van der Waals surface area contributed by atoms with E-state index in [0.717, 1.165) is 5.56 Å². The molecule has 18 heavy (non-hydrogen) atoms. The second-order valence-electron chi connectivity index (χ2n) is 4.10. The second kappa shape index (κ2) is 6.75. The summed E-state index contributed by atoms with van der Waals surface area (Å²) in [5.41, 5.74) is 6.58. The quantitative estimate of drug-likeness (QED) is 0.594. The van der Waals surface area contributed by atoms with Crippen LogP contribution in [0.15, 0.2) is 12.4 Å². The van der Waals surface area contributed by atoms with E-state index in [1.54, 1.807) is 10.9 Å². The van der Waals surface area contributed by atoms with Crippen molar-refractivity contribution < 1.29 is 14.7 Å². The zero-order chi connectivity index (χ0) is 13.5. The molecule has 0 aliphatic heterocycles. The van der Waals surface area contributed by atoms with E-state index >= 15 is 0 Å². The summed E-state index contributed by atoms with van der Waals surface area (Å²) in [4.78, 5) is 21.8. The summed E-state index contributed by atoms with van der Waals surface area (Å²) in [5, 5.41) is 15.2. The van der Waals surface area contributed by atoms with E-state index in [0.29, 0.717) is 13.0 Å². The highest BCUT2D eigenvalue weighted by Crippen LogP contribution is 1.97. The number of carbonyl (C=O) groups is 2. The van der Waals surface area contributed by atoms with Crippen LogP contribution in [0.25, 0.3) is 0 Å². The van der Waals surface area contributed by atoms with Crippen molar-refractivity contribution in [2.75, 3.05) is 6.54 Å². The number of hydrogen-bond acceptors (Lipinski definition) is 4. The zero-order valence-corrected chi connectivity index (χ0v) is 10.3. The third kappa shape index (κ3) is 4.96. The number of carbonyl (C=O) groups excluding carboxylic acids is 1. The number of aromatic nitrogens is 2. The number of aryl methyl sites for hydroxylation is 1. The van der Waals surface area contributed by atoms with E-state index in [9.17, 15) is 9.59 Å². The molecule has 0 saturated heterocycles. The molecular weight excluding hydrogens is 236 g/mol. The number of rotatable bonds is 7. The van der Waals surface area contributed by atoms with Crippen LogP contribution < -0.4 is 11.1 Å². The predicted octanol–water partition coefficient (Wildman–Crippen LogP) is -0.729. The number of carboxylic acids is 1. The fourth-order valence-corrected chi connectivity index (χ4v) is 1.47. The van der Waals surface area contributed by atoms with Crippen LogP contribution in [0.5, 0.6) is 0 Å². The molecule has 1 aromatic heterocycles. The molecule has 0 aromatic carbocycles. The molecule has 1 amide bonds. The van der Waals surface area contributed by atoms with Gasteiger partial charge in [0.15, 0.2) is 0 Å². The van der Waals surface area contributed by atoms with E-state index in [1.807, 2.05) is 13.2 Å². The van der Waals surface area contributed by atoms with Crippen LogP contribution >= 0.6 is 0 Å². The first-order chi connectivity index (χ1) is 8.49. The van der Waals surface area contributed by atoms with Crippen molar-refractivity contribution in [1.29, 1.82) is 0 Å². The fraction of sp³-hybridized carbons (Fsp3) is 0.545. The first-order valence-electron chi connectivity index (χ1n) is 5.71. The van der Waals surface area contributed by atoms with E-state index < -0.39 is 12.0 Å². The number of carboxylic acid groups (broad SMARTS) is 1. The average molecular weight is 254 g/mol. The first kappa shape index (κ1) is 14.2. The van der Waals surface area contributed by atoms with Gasteiger partial charge in [0, 0.05) is 26.2 Å². The molecule has 0 aliphatic rings. The molecule has 0 radical (unpaired) electrons. The number of nitrogens with one attached hydrogen (secondary N) is 1. The van der Waals surface area contributed by atoms with Crippen molar-refractivity contribution in [2.45, 2.75) is 25.3 Å². The Labute approximate surface area is 105 Å². The number of aliphatic carboxylic acids is 1. The number of amides is 1. The summed E-state index contributed by atoms with van der Waals surface area (Å²) < 4.78 is 1.69. The molecule has 1 aromatic rings. The van der Waals surface area contributed by atoms with Gasteiger partial charge in [0.25, 0.3) is 0 Å². The third-order valence-electron chi connectivity index (χ3n) is 2.48. The lowest BCUT2D eigenvalue weighted by atomic mass is 10.1. The maximum Gasteiger partial charge on any atom is 0.303 e. The van der Waals surface area contributed by atoms with Gasteiger partial charge < -0.3 is 16.2 Å². The highest BCUT2D eigenvalue weighted by Gasteiger charge is 2.14. The van der Waals surface area contributed by atoms with E-state index in [4.69, 9.17) is 10.8 Å². The Bertz CT molecular complexity index is 416. The fourth-order valence-electron chi connectivity index (χ4n) is 1.47. The van der Waals surface area contributed by atoms with Gasteiger partial charge in [0.05, 0.1) is 12.2 Å². The molecular formula is C11H18N4O3. The largest absolute Gasteiger partial charge is 0.481 e. The highest BCUT2D eigenvalue weighted by atomic mass is 16.4. The Kier molecular flexibility index (Phi) is 5.31. The van der Waals surface area contributed by atoms with Gasteiger partial charge >= 0.3 is 5.97 Å². The van der Waals surface area contributed by atoms with Gasteiger partial charge in [0.1, 0.15) is 0 Å². The zero-order valence-electron chi connectivity index (χ0n) is 10.3. The van der Waals surface area contributed by atoms with Gasteiger partial charge in [-0.3, -0.25) is 14.3 Å². The summed E-state index contributed by atoms with van der Waals surface area (Å²) in [6.07, 6.45) is 4.32. The standard InChI is InChI=1S/C11H18N4O3/c1-15-7-8(6-14-15)4-5-13-11(18)9(12)2-3-10(16)17/h6-7,9H,2-5,12H2,1H3,(H,13,18)(H,16,17). The smallest absolute Gasteiger partial charge is 0.303 e. The molecule has 1 rings (SSSR count). The average Bonchev–Trinajstić information content (AvgIpc) is 2.71. The van der Waals surface area contributed by atoms with Crippen LogP contribution in [0.4, 0.5) is 0 Å². The van der Waals surface area contributed by atoms with Gasteiger partial charge in [-0.15, -0.1) is 0 Å². The maximum atomic E-state index is 11.5. The topological polar surface area (TPSA) is 110 Å². The molecule has 0 saturated carbocycles. The van der Waals surface area contributed by atoms with Crippen LogP contribution in [-0.2, 0) is 23.1 Å². The van der Waals surface area contributed by atoms with Crippen molar-refractivity contribution in [1.82, 2.24) is 15.1 Å². The van der Waals surface area contributed by atoms with E-state index in [2.05, 4.69) is 10.4 Å². The van der Waals surface area contributed by atoms with Gasteiger partial charge in [-0.2, -0.15) is 5.10 Å². The normalized spacial score (nSPS) is 12.1. The lowest BCUT2D eigenvalue weighted by molar-refractivity contribution is -0.137. The summed E-state index contributed by atoms with van der Waals surface area (Å²) in [6, 6.07) is -0.769. The van der Waals surface area contributed by atoms with Crippen molar-refractivity contribution in [3.63, 3.8) is 0 Å². The Balaban J connectivity index is 2.22. The summed E-state index contributed by atoms with van der Waals surface area (Å²) in [7, 11) is 1.82. The Morgan fingerprint density at radius 1 is 1.61 bits per heavy atom. The summed E-state index contributed by atoms with van der Waals surface area (Å²) in [6.45, 7) is 0.464. The van der Waals surface area contributed by atoms with Crippen LogP contribution in [0.1, 0.15) is 18.4 Å². The molecule has 1 unspecified atom stereocenters. The van der Waals surface area contributed by atoms with E-state index in [1.165, 1.54) is 0 Å². The molecule has 0 fully saturated rings. The van der Waals surface area contributed by atoms with Crippen molar-refractivity contribution in [2.24, 2.45) is 12.8 Å². The summed E-state index contributed by atoms with van der Waals surface area (Å²) >= 11 is 0. The first-order valence-corrected chi connectivity index (χ1v) is 5.71. The Morgan fingerprint density at radius 2 is 2.33 bits per heavy atom. The van der Waals surface area contributed by atoms with Gasteiger partial charge in [-0.25, -0.2) is 0 Å². The number of nitrogens with zero attached hydrogens (tertiary/aromatic N) is 2. The van der Waals surface area contributed by atoms with Gasteiger partial charge in [-0.05, 0) is 18.4 Å². The third-order valence-corrected chi connectivity index (χ3v) is 2.48. The molecule has 100 valence electrons. The highest BCUT2D eigenvalue weighted by molar-refractivity contribution is 5.82. The minimum Gasteiger partial charge on any atom is -0.481 e. The molecule has 7 heteroatoms. The number of nitrogens with two attached hydrogens (primary N) is 1. The summed E-state index contributed by atoms with van der Waals surface area (Å²) in [5.74, 6) is -1.27. The lowest BCUT2D eigenvalue weighted by Gasteiger charge is -2.10. The molecule has 4 N–H and O–H groups in total.